The summed E-state index contributed by atoms with van der Waals surface area (Å²) in [5.74, 6) is 1.25. The Kier molecular flexibility index (Phi) is 19.7. The Hall–Kier alpha value is -4.26. The molecular formula is C50H60ClF3N6O4S3. The lowest BCUT2D eigenvalue weighted by molar-refractivity contribution is -0.0328. The van der Waals surface area contributed by atoms with Gasteiger partial charge in [-0.15, -0.1) is 11.8 Å². The topological polar surface area (TPSA) is 117 Å². The second-order valence-electron chi connectivity index (χ2n) is 16.6. The molecule has 2 aliphatic rings. The first-order valence-corrected chi connectivity index (χ1v) is 26.1. The summed E-state index contributed by atoms with van der Waals surface area (Å²) in [6.45, 7) is 7.44. The highest BCUT2D eigenvalue weighted by molar-refractivity contribution is 8.00. The van der Waals surface area contributed by atoms with Gasteiger partial charge >= 0.3 is 5.51 Å². The van der Waals surface area contributed by atoms with Crippen LogP contribution < -0.4 is 25.2 Å². The monoisotopic (exact) mass is 996 g/mol. The first-order valence-electron chi connectivity index (χ1n) is 22.5. The Morgan fingerprint density at radius 3 is 2.19 bits per heavy atom. The summed E-state index contributed by atoms with van der Waals surface area (Å²) in [5, 5.41) is 16.5. The third kappa shape index (κ3) is 16.2. The van der Waals surface area contributed by atoms with Crippen LogP contribution in [0.2, 0.25) is 5.02 Å². The lowest BCUT2D eigenvalue weighted by atomic mass is 9.86. The smallest absolute Gasteiger partial charge is 0.395 e. The molecule has 0 amide bonds. The molecule has 360 valence electrons. The van der Waals surface area contributed by atoms with Crippen molar-refractivity contribution in [2.24, 2.45) is 5.92 Å². The van der Waals surface area contributed by atoms with E-state index in [1.54, 1.807) is 11.8 Å². The fourth-order valence-electron chi connectivity index (χ4n) is 8.16. The number of aldehydes is 1. The average molecular weight is 998 g/mol. The Morgan fingerprint density at radius 1 is 0.881 bits per heavy atom. The number of carbonyl (C=O) groups excluding carboxylic acids is 1. The zero-order chi connectivity index (χ0) is 47.8. The number of piperidine rings is 1. The van der Waals surface area contributed by atoms with E-state index in [9.17, 15) is 26.4 Å². The van der Waals surface area contributed by atoms with Crippen molar-refractivity contribution >= 4 is 68.5 Å². The van der Waals surface area contributed by atoms with Crippen LogP contribution in [0.1, 0.15) is 35.2 Å². The fourth-order valence-corrected chi connectivity index (χ4v) is 10.8. The van der Waals surface area contributed by atoms with Gasteiger partial charge in [-0.2, -0.15) is 13.2 Å². The quantitative estimate of drug-likeness (QED) is 0.0468. The van der Waals surface area contributed by atoms with Gasteiger partial charge in [-0.3, -0.25) is 4.79 Å². The van der Waals surface area contributed by atoms with E-state index in [-0.39, 0.29) is 39.9 Å². The summed E-state index contributed by atoms with van der Waals surface area (Å²) >= 11 is 7.40. The van der Waals surface area contributed by atoms with Crippen LogP contribution in [0.3, 0.4) is 0 Å². The van der Waals surface area contributed by atoms with Crippen molar-refractivity contribution < 1.29 is 31.5 Å². The Labute approximate surface area is 407 Å². The minimum absolute atomic E-state index is 0.0150. The minimum Gasteiger partial charge on any atom is -0.395 e. The Balaban J connectivity index is 0.000000221. The van der Waals surface area contributed by atoms with Gasteiger partial charge in [-0.25, -0.2) is 13.1 Å². The van der Waals surface area contributed by atoms with Gasteiger partial charge in [-0.1, -0.05) is 48.0 Å². The van der Waals surface area contributed by atoms with Gasteiger partial charge in [0.2, 0.25) is 10.0 Å². The number of piperazine rings is 1. The third-order valence-electron chi connectivity index (χ3n) is 11.9. The number of aliphatic hydroxyl groups is 1. The summed E-state index contributed by atoms with van der Waals surface area (Å²) in [7, 11) is -0.821. The van der Waals surface area contributed by atoms with E-state index < -0.39 is 15.5 Å². The Morgan fingerprint density at radius 2 is 1.55 bits per heavy atom. The summed E-state index contributed by atoms with van der Waals surface area (Å²) in [6.07, 6.45) is 4.96. The van der Waals surface area contributed by atoms with Crippen molar-refractivity contribution in [3.63, 3.8) is 0 Å². The van der Waals surface area contributed by atoms with Crippen LogP contribution in [0.25, 0.3) is 11.1 Å². The predicted octanol–water partition coefficient (Wildman–Crippen LogP) is 9.78. The fraction of sp³-hybridized carbons (Fsp3) is 0.380. The normalized spacial score (nSPS) is 15.2. The number of hydrogen-bond donors (Lipinski definition) is 4. The van der Waals surface area contributed by atoms with Crippen LogP contribution in [0.4, 0.5) is 30.2 Å². The lowest BCUT2D eigenvalue weighted by Crippen LogP contribution is -2.43. The first kappa shape index (κ1) is 52.1. The number of thioether (sulfide) groups is 2. The van der Waals surface area contributed by atoms with Crippen LogP contribution in [-0.4, -0.2) is 115 Å². The summed E-state index contributed by atoms with van der Waals surface area (Å²) in [6, 6.07) is 36.4. The third-order valence-corrected chi connectivity index (χ3v) is 15.5. The minimum atomic E-state index is -4.58. The van der Waals surface area contributed by atoms with Crippen molar-refractivity contribution in [3.05, 3.63) is 131 Å². The highest BCUT2D eigenvalue weighted by Gasteiger charge is 2.32. The van der Waals surface area contributed by atoms with E-state index in [4.69, 9.17) is 16.7 Å². The van der Waals surface area contributed by atoms with Crippen LogP contribution in [0.5, 0.6) is 0 Å². The van der Waals surface area contributed by atoms with E-state index >= 15 is 0 Å². The average Bonchev–Trinajstić information content (AvgIpc) is 3.34. The summed E-state index contributed by atoms with van der Waals surface area (Å²) < 4.78 is 66.0. The number of anilines is 3. The lowest BCUT2D eigenvalue weighted by Gasteiger charge is -2.34. The van der Waals surface area contributed by atoms with Gasteiger partial charge in [0.1, 0.15) is 6.29 Å². The number of hydrogen-bond acceptors (Lipinski definition) is 11. The molecule has 0 spiro atoms. The van der Waals surface area contributed by atoms with Crippen LogP contribution >= 0.6 is 35.1 Å². The number of nitrogens with zero attached hydrogens (tertiary/aromatic N) is 3. The molecule has 2 aliphatic heterocycles. The van der Waals surface area contributed by atoms with Gasteiger partial charge in [-0.05, 0) is 160 Å². The number of rotatable bonds is 19. The van der Waals surface area contributed by atoms with Gasteiger partial charge in [0.15, 0.2) is 0 Å². The number of likely N-dealkylation sites (N-methyl/N-ethyl adjacent to an activating group) is 1. The predicted molar refractivity (Wildman–Crippen MR) is 271 cm³/mol. The molecule has 7 rings (SSSR count). The largest absolute Gasteiger partial charge is 0.446 e. The molecule has 5 aromatic carbocycles. The van der Waals surface area contributed by atoms with Crippen molar-refractivity contribution in [1.29, 1.82) is 0 Å². The molecule has 67 heavy (non-hydrogen) atoms. The van der Waals surface area contributed by atoms with Crippen LogP contribution in [0.15, 0.2) is 130 Å². The molecule has 0 radical (unpaired) electrons. The highest BCUT2D eigenvalue weighted by Crippen LogP contribution is 2.42. The molecule has 1 unspecified atom stereocenters. The SMILES string of the molecule is CNS(=O)(=O)c1ccc(NC(CCN(C)CCO)CSc2ccccc2)c(SC(F)(F)F)c1.O=Cc1ccc(N2CCC(Cc3cc(N4CCNCC4)ccc3-c3ccc(Cl)cc3)CC2)cc1. The van der Waals surface area contributed by atoms with Gasteiger partial charge < -0.3 is 30.4 Å². The maximum atomic E-state index is 13.2. The zero-order valence-electron chi connectivity index (χ0n) is 37.9. The van der Waals surface area contributed by atoms with Crippen molar-refractivity contribution in [2.45, 2.75) is 51.9 Å². The molecule has 0 saturated carbocycles. The summed E-state index contributed by atoms with van der Waals surface area (Å²) in [5.41, 5.74) is 2.92. The number of aliphatic hydroxyl groups excluding tert-OH is 1. The number of nitrogens with one attached hydrogen (secondary N) is 3. The maximum absolute atomic E-state index is 13.2. The van der Waals surface area contributed by atoms with Gasteiger partial charge in [0.05, 0.1) is 11.5 Å². The molecule has 17 heteroatoms. The van der Waals surface area contributed by atoms with E-state index in [0.717, 1.165) is 73.5 Å². The van der Waals surface area contributed by atoms with Gasteiger partial charge in [0, 0.05) is 95.0 Å². The number of sulfonamides is 1. The molecule has 0 bridgehead atoms. The number of carbonyl (C=O) groups is 1. The van der Waals surface area contributed by atoms with Gasteiger partial charge in [0.25, 0.3) is 0 Å². The molecule has 5 aromatic rings. The van der Waals surface area contributed by atoms with E-state index in [1.807, 2.05) is 66.5 Å². The number of alkyl halides is 3. The molecule has 10 nitrogen and oxygen atoms in total. The standard InChI is InChI=1S/C29H32ClN3O.C21H28F3N3O3S3/c30-26-5-3-24(4-6-26)29-10-9-28(33-17-13-31-14-18-33)20-25(29)19-22-11-15-32(16-12-22)27-7-1-23(21-34)2-8-27;1-25-33(29,30)18-8-9-19(20(14-18)32-21(22,23)24)26-16(10-11-27(2)12-13-28)15-31-17-6-4-3-5-7-17/h1-10,20-22,31H,11-19H2;3-9,14,16,25-26,28H,10-13,15H2,1-2H3. The van der Waals surface area contributed by atoms with E-state index in [0.29, 0.717) is 31.2 Å². The first-order chi connectivity index (χ1) is 32.2. The van der Waals surface area contributed by atoms with Crippen LogP contribution in [0, 0.1) is 5.92 Å². The number of halogens is 4. The maximum Gasteiger partial charge on any atom is 0.446 e. The molecule has 2 saturated heterocycles. The van der Waals surface area contributed by atoms with Crippen molar-refractivity contribution in [2.75, 3.05) is 93.9 Å². The van der Waals surface area contributed by atoms with Crippen molar-refractivity contribution in [1.82, 2.24) is 14.9 Å². The molecule has 0 aromatic heterocycles. The summed E-state index contributed by atoms with van der Waals surface area (Å²) in [4.78, 5) is 18.4. The van der Waals surface area contributed by atoms with E-state index in [2.05, 4.69) is 67.6 Å². The molecule has 2 fully saturated rings. The highest BCUT2D eigenvalue weighted by atomic mass is 35.5. The zero-order valence-corrected chi connectivity index (χ0v) is 41.1. The number of benzene rings is 5. The second-order valence-corrected chi connectivity index (χ2v) is 21.1. The van der Waals surface area contributed by atoms with E-state index in [1.165, 1.54) is 60.1 Å². The molecule has 4 N–H and O–H groups in total. The second kappa shape index (κ2) is 25.4. The van der Waals surface area contributed by atoms with Crippen molar-refractivity contribution in [3.8, 4) is 11.1 Å². The molecule has 1 atom stereocenters. The molecular weight excluding hydrogens is 937 g/mol. The Bertz CT molecular complexity index is 2420. The molecule has 0 aliphatic carbocycles. The van der Waals surface area contributed by atoms with Crippen LogP contribution in [-0.2, 0) is 16.4 Å². The molecule has 2 heterocycles.